The van der Waals surface area contributed by atoms with Crippen molar-refractivity contribution in [3.63, 3.8) is 0 Å². The highest BCUT2D eigenvalue weighted by Crippen LogP contribution is 2.62. The predicted octanol–water partition coefficient (Wildman–Crippen LogP) is 13.6. The van der Waals surface area contributed by atoms with Crippen LogP contribution >= 0.6 is 11.8 Å². The molecule has 1 aromatic heterocycles. The van der Waals surface area contributed by atoms with Gasteiger partial charge in [-0.15, -0.1) is 0 Å². The van der Waals surface area contributed by atoms with Gasteiger partial charge in [-0.3, -0.25) is 0 Å². The van der Waals surface area contributed by atoms with E-state index in [0.717, 1.165) is 39.2 Å². The number of hydrogen-bond donors (Lipinski definition) is 0. The molecule has 8 aromatic carbocycles. The maximum atomic E-state index is 5.19. The lowest BCUT2D eigenvalue weighted by atomic mass is 9.67. The highest BCUT2D eigenvalue weighted by molar-refractivity contribution is 7.99. The molecule has 0 saturated carbocycles. The third-order valence-electron chi connectivity index (χ3n) is 11.4. The van der Waals surface area contributed by atoms with E-state index in [0.29, 0.717) is 5.82 Å². The lowest BCUT2D eigenvalue weighted by Gasteiger charge is -2.40. The molecule has 2 heterocycles. The van der Waals surface area contributed by atoms with Gasteiger partial charge < -0.3 is 0 Å². The van der Waals surface area contributed by atoms with Crippen molar-refractivity contribution in [1.82, 2.24) is 9.97 Å². The lowest BCUT2D eigenvalue weighted by molar-refractivity contribution is 0.723. The fraction of sp³-hybridized carbons (Fsp3) is 0.0189. The highest BCUT2D eigenvalue weighted by Gasteiger charge is 2.50. The van der Waals surface area contributed by atoms with Crippen LogP contribution in [0.2, 0.25) is 0 Å². The Hall–Kier alpha value is -6.81. The quantitative estimate of drug-likeness (QED) is 0.176. The number of hydrogen-bond acceptors (Lipinski definition) is 3. The Morgan fingerprint density at radius 2 is 0.786 bits per heavy atom. The van der Waals surface area contributed by atoms with E-state index in [-0.39, 0.29) is 0 Å². The molecule has 0 atom stereocenters. The molecule has 0 N–H and O–H groups in total. The largest absolute Gasteiger partial charge is 0.228 e. The summed E-state index contributed by atoms with van der Waals surface area (Å²) in [7, 11) is 0. The fourth-order valence-electron chi connectivity index (χ4n) is 8.82. The predicted molar refractivity (Wildman–Crippen MR) is 231 cm³/mol. The van der Waals surface area contributed by atoms with Gasteiger partial charge in [-0.1, -0.05) is 188 Å². The van der Waals surface area contributed by atoms with Crippen LogP contribution in [0.3, 0.4) is 0 Å². The van der Waals surface area contributed by atoms with Crippen LogP contribution in [0.15, 0.2) is 216 Å². The zero-order valence-electron chi connectivity index (χ0n) is 30.4. The zero-order valence-corrected chi connectivity index (χ0v) is 31.2. The minimum absolute atomic E-state index is 0.403. The van der Waals surface area contributed by atoms with Crippen LogP contribution in [0.5, 0.6) is 0 Å². The molecule has 0 amide bonds. The summed E-state index contributed by atoms with van der Waals surface area (Å²) in [5.41, 5.74) is 17.2. The van der Waals surface area contributed by atoms with Crippen LogP contribution in [-0.4, -0.2) is 9.97 Å². The first-order valence-corrected chi connectivity index (χ1v) is 19.9. The van der Waals surface area contributed by atoms with Crippen LogP contribution < -0.4 is 0 Å². The Morgan fingerprint density at radius 1 is 0.304 bits per heavy atom. The van der Waals surface area contributed by atoms with E-state index in [1.54, 1.807) is 0 Å². The molecule has 9 aromatic rings. The zero-order chi connectivity index (χ0) is 37.1. The van der Waals surface area contributed by atoms with Gasteiger partial charge in [0, 0.05) is 26.5 Å². The molecule has 11 rings (SSSR count). The molecule has 262 valence electrons. The second-order valence-electron chi connectivity index (χ2n) is 14.5. The van der Waals surface area contributed by atoms with Gasteiger partial charge in [-0.2, -0.15) is 0 Å². The van der Waals surface area contributed by atoms with E-state index in [1.807, 2.05) is 17.8 Å². The first-order valence-electron chi connectivity index (χ1n) is 19.1. The van der Waals surface area contributed by atoms with Gasteiger partial charge in [-0.05, 0) is 86.0 Å². The SMILES string of the molecule is c1ccc(-c2cccc(-c3cc(-c4ccccc4)nc(-c4ccc(-c5ccc6c(c5)C5(c7ccccc7S6)c6ccccc6-c6ccccc65)cc4)n3)c2)cc1. The molecule has 0 saturated heterocycles. The third-order valence-corrected chi connectivity index (χ3v) is 12.5. The fourth-order valence-corrected chi connectivity index (χ4v) is 9.99. The summed E-state index contributed by atoms with van der Waals surface area (Å²) in [6, 6.07) is 74.4. The summed E-state index contributed by atoms with van der Waals surface area (Å²) in [6.07, 6.45) is 0. The van der Waals surface area contributed by atoms with E-state index >= 15 is 0 Å². The van der Waals surface area contributed by atoms with Crippen molar-refractivity contribution in [1.29, 1.82) is 0 Å². The summed E-state index contributed by atoms with van der Waals surface area (Å²) in [6.45, 7) is 0. The maximum Gasteiger partial charge on any atom is 0.160 e. The van der Waals surface area contributed by atoms with Crippen LogP contribution in [0.25, 0.3) is 67.3 Å². The van der Waals surface area contributed by atoms with E-state index in [4.69, 9.17) is 9.97 Å². The normalized spacial score (nSPS) is 13.1. The van der Waals surface area contributed by atoms with Gasteiger partial charge in [0.15, 0.2) is 5.82 Å². The van der Waals surface area contributed by atoms with Gasteiger partial charge in [0.2, 0.25) is 0 Å². The standard InChI is InChI=1S/C53H34N2S/c1-3-14-35(15-4-1)39-18-13-19-41(32-39)49-34-48(37-16-5-2-6-17-37)54-52(55-49)38-28-26-36(27-29-38)40-30-31-51-47(33-40)53(46-24-11-12-25-50(46)56-51)44-22-9-7-20-42(44)43-21-8-10-23-45(43)53/h1-34H. The summed E-state index contributed by atoms with van der Waals surface area (Å²) in [5.74, 6) is 0.703. The van der Waals surface area contributed by atoms with Crippen LogP contribution in [0.4, 0.5) is 0 Å². The third kappa shape index (κ3) is 5.20. The Bertz CT molecular complexity index is 2890. The van der Waals surface area contributed by atoms with Crippen LogP contribution in [0.1, 0.15) is 22.3 Å². The lowest BCUT2D eigenvalue weighted by Crippen LogP contribution is -2.32. The average Bonchev–Trinajstić information content (AvgIpc) is 3.57. The number of aromatic nitrogens is 2. The summed E-state index contributed by atoms with van der Waals surface area (Å²) >= 11 is 1.88. The van der Waals surface area contributed by atoms with Gasteiger partial charge in [-0.25, -0.2) is 9.97 Å². The van der Waals surface area contributed by atoms with Crippen molar-refractivity contribution < 1.29 is 0 Å². The van der Waals surface area contributed by atoms with Crippen molar-refractivity contribution in [2.45, 2.75) is 15.2 Å². The first kappa shape index (κ1) is 32.6. The van der Waals surface area contributed by atoms with Crippen LogP contribution in [-0.2, 0) is 5.41 Å². The minimum atomic E-state index is -0.403. The minimum Gasteiger partial charge on any atom is -0.228 e. The van der Waals surface area contributed by atoms with Crippen LogP contribution in [0, 0.1) is 0 Å². The van der Waals surface area contributed by atoms with E-state index < -0.39 is 5.41 Å². The van der Waals surface area contributed by atoms with Gasteiger partial charge in [0.25, 0.3) is 0 Å². The molecule has 2 nitrogen and oxygen atoms in total. The van der Waals surface area contributed by atoms with Gasteiger partial charge in [0.05, 0.1) is 16.8 Å². The van der Waals surface area contributed by atoms with E-state index in [1.165, 1.54) is 54.3 Å². The topological polar surface area (TPSA) is 25.8 Å². The van der Waals surface area contributed by atoms with Crippen molar-refractivity contribution >= 4 is 11.8 Å². The molecule has 2 aliphatic rings. The molecule has 1 spiro atoms. The number of fused-ring (bicyclic) bond motifs is 9. The van der Waals surface area contributed by atoms with E-state index in [9.17, 15) is 0 Å². The van der Waals surface area contributed by atoms with Crippen molar-refractivity contribution in [3.8, 4) is 67.3 Å². The number of benzene rings is 8. The second kappa shape index (κ2) is 13.2. The summed E-state index contributed by atoms with van der Waals surface area (Å²) in [4.78, 5) is 12.9. The maximum absolute atomic E-state index is 5.19. The highest BCUT2D eigenvalue weighted by atomic mass is 32.2. The molecule has 0 fully saturated rings. The molecular formula is C53H34N2S. The summed E-state index contributed by atoms with van der Waals surface area (Å²) in [5, 5.41) is 0. The molecule has 1 aliphatic heterocycles. The van der Waals surface area contributed by atoms with E-state index in [2.05, 4.69) is 200 Å². The Labute approximate surface area is 331 Å². The van der Waals surface area contributed by atoms with Crippen molar-refractivity contribution in [2.24, 2.45) is 0 Å². The molecule has 0 radical (unpaired) electrons. The smallest absolute Gasteiger partial charge is 0.160 e. The Balaban J connectivity index is 1.02. The summed E-state index contributed by atoms with van der Waals surface area (Å²) < 4.78 is 0. The monoisotopic (exact) mass is 730 g/mol. The Kier molecular flexibility index (Phi) is 7.68. The molecule has 3 heteroatoms. The first-order chi connectivity index (χ1) is 27.7. The molecular weight excluding hydrogens is 697 g/mol. The van der Waals surface area contributed by atoms with Crippen molar-refractivity contribution in [2.75, 3.05) is 0 Å². The average molecular weight is 731 g/mol. The number of nitrogens with zero attached hydrogens (tertiary/aromatic N) is 2. The van der Waals surface area contributed by atoms with Gasteiger partial charge >= 0.3 is 0 Å². The Morgan fingerprint density at radius 3 is 1.50 bits per heavy atom. The number of rotatable bonds is 5. The molecule has 56 heavy (non-hydrogen) atoms. The molecule has 0 unspecified atom stereocenters. The van der Waals surface area contributed by atoms with Gasteiger partial charge in [0.1, 0.15) is 0 Å². The molecule has 0 bridgehead atoms. The molecule has 1 aliphatic carbocycles. The second-order valence-corrected chi connectivity index (χ2v) is 15.6. The van der Waals surface area contributed by atoms with Crippen molar-refractivity contribution in [3.05, 3.63) is 229 Å².